The molecule has 2 heterocycles. The van der Waals surface area contributed by atoms with Crippen LogP contribution in [-0.4, -0.2) is 51.1 Å². The van der Waals surface area contributed by atoms with Crippen LogP contribution in [0.2, 0.25) is 18.1 Å². The van der Waals surface area contributed by atoms with E-state index < -0.39 is 14.4 Å². The molecule has 0 aromatic rings. The first-order valence-electron chi connectivity index (χ1n) is 6.31. The highest BCUT2D eigenvalue weighted by Gasteiger charge is 2.50. The monoisotopic (exact) mass is 260 g/mol. The van der Waals surface area contributed by atoms with Crippen molar-refractivity contribution >= 4 is 8.32 Å². The van der Waals surface area contributed by atoms with E-state index in [9.17, 15) is 5.11 Å². The summed E-state index contributed by atoms with van der Waals surface area (Å²) < 4.78 is 17.5. The molecule has 0 aliphatic carbocycles. The number of rotatable bonds is 2. The van der Waals surface area contributed by atoms with Crippen LogP contribution in [-0.2, 0) is 13.9 Å². The van der Waals surface area contributed by atoms with E-state index in [0.29, 0.717) is 13.2 Å². The zero-order valence-corrected chi connectivity index (χ0v) is 12.4. The van der Waals surface area contributed by atoms with E-state index in [1.54, 1.807) is 0 Å². The van der Waals surface area contributed by atoms with Crippen LogP contribution in [0.3, 0.4) is 0 Å². The Kier molecular flexibility index (Phi) is 3.42. The molecule has 0 radical (unpaired) electrons. The Balaban J connectivity index is 2.02. The summed E-state index contributed by atoms with van der Waals surface area (Å²) in [5.41, 5.74) is 0. The van der Waals surface area contributed by atoms with Crippen molar-refractivity contribution in [2.24, 2.45) is 0 Å². The fourth-order valence-electron chi connectivity index (χ4n) is 2.10. The molecule has 100 valence electrons. The summed E-state index contributed by atoms with van der Waals surface area (Å²) in [6.45, 7) is 12.0. The summed E-state index contributed by atoms with van der Waals surface area (Å²) in [5.74, 6) is 0. The van der Waals surface area contributed by atoms with Gasteiger partial charge in [0.1, 0.15) is 18.3 Å². The van der Waals surface area contributed by atoms with Crippen molar-refractivity contribution in [1.82, 2.24) is 0 Å². The first-order chi connectivity index (χ1) is 7.72. The first kappa shape index (κ1) is 13.5. The molecule has 5 heteroatoms. The highest BCUT2D eigenvalue weighted by molar-refractivity contribution is 6.74. The van der Waals surface area contributed by atoms with Crippen molar-refractivity contribution in [3.8, 4) is 0 Å². The maximum absolute atomic E-state index is 9.68. The lowest BCUT2D eigenvalue weighted by Crippen LogP contribution is -2.47. The molecule has 0 bridgehead atoms. The number of hydrogen-bond acceptors (Lipinski definition) is 4. The molecular weight excluding hydrogens is 236 g/mol. The van der Waals surface area contributed by atoms with E-state index in [1.165, 1.54) is 0 Å². The topological polar surface area (TPSA) is 47.9 Å². The van der Waals surface area contributed by atoms with Crippen molar-refractivity contribution in [2.45, 2.75) is 63.3 Å². The van der Waals surface area contributed by atoms with Gasteiger partial charge in [-0.1, -0.05) is 20.8 Å². The van der Waals surface area contributed by atoms with E-state index in [2.05, 4.69) is 33.9 Å². The fraction of sp³-hybridized carbons (Fsp3) is 1.00. The van der Waals surface area contributed by atoms with Gasteiger partial charge in [0.25, 0.3) is 0 Å². The third-order valence-corrected chi connectivity index (χ3v) is 8.74. The lowest BCUT2D eigenvalue weighted by atomic mass is 10.1. The van der Waals surface area contributed by atoms with Crippen molar-refractivity contribution in [3.05, 3.63) is 0 Å². The highest BCUT2D eigenvalue weighted by Crippen LogP contribution is 2.40. The summed E-state index contributed by atoms with van der Waals surface area (Å²) >= 11 is 0. The van der Waals surface area contributed by atoms with Crippen LogP contribution in [0.25, 0.3) is 0 Å². The van der Waals surface area contributed by atoms with Crippen molar-refractivity contribution in [2.75, 3.05) is 13.2 Å². The first-order valence-corrected chi connectivity index (χ1v) is 9.22. The second-order valence-electron chi connectivity index (χ2n) is 6.58. The van der Waals surface area contributed by atoms with Gasteiger partial charge in [0, 0.05) is 0 Å². The van der Waals surface area contributed by atoms with Crippen molar-refractivity contribution in [1.29, 1.82) is 0 Å². The van der Waals surface area contributed by atoms with Crippen molar-refractivity contribution in [3.63, 3.8) is 0 Å². The van der Waals surface area contributed by atoms with E-state index in [4.69, 9.17) is 13.9 Å². The smallest absolute Gasteiger partial charge is 0.192 e. The lowest BCUT2D eigenvalue weighted by Gasteiger charge is -2.39. The summed E-state index contributed by atoms with van der Waals surface area (Å²) in [7, 11) is -1.79. The maximum atomic E-state index is 9.68. The lowest BCUT2D eigenvalue weighted by molar-refractivity contribution is 0.00562. The molecule has 0 amide bonds. The minimum Gasteiger partial charge on any atom is -0.409 e. The van der Waals surface area contributed by atoms with E-state index in [0.717, 1.165) is 0 Å². The highest BCUT2D eigenvalue weighted by atomic mass is 28.4. The summed E-state index contributed by atoms with van der Waals surface area (Å²) in [4.78, 5) is 0. The number of aliphatic hydroxyl groups is 1. The SMILES string of the molecule is CC(C)(C)[Si](C)(C)O[C@@H]1CO[C@H]2[C@@H]1OC[C@H]2O. The average Bonchev–Trinajstić information content (AvgIpc) is 2.70. The second kappa shape index (κ2) is 4.31. The minimum absolute atomic E-state index is 0.0157. The zero-order valence-electron chi connectivity index (χ0n) is 11.4. The van der Waals surface area contributed by atoms with Crippen LogP contribution in [0.15, 0.2) is 0 Å². The van der Waals surface area contributed by atoms with Gasteiger partial charge >= 0.3 is 0 Å². The van der Waals surface area contributed by atoms with Crippen LogP contribution >= 0.6 is 0 Å². The number of hydrogen-bond donors (Lipinski definition) is 1. The average molecular weight is 260 g/mol. The molecular formula is C12H24O4Si. The van der Waals surface area contributed by atoms with Crippen LogP contribution < -0.4 is 0 Å². The largest absolute Gasteiger partial charge is 0.409 e. The molecule has 2 aliphatic rings. The molecule has 1 N–H and O–H groups in total. The quantitative estimate of drug-likeness (QED) is 0.765. The molecule has 0 spiro atoms. The normalized spacial score (nSPS) is 38.5. The fourth-order valence-corrected chi connectivity index (χ4v) is 3.41. The molecule has 2 rings (SSSR count). The van der Waals surface area contributed by atoms with E-state index >= 15 is 0 Å². The molecule has 4 nitrogen and oxygen atoms in total. The van der Waals surface area contributed by atoms with Gasteiger partial charge in [0.05, 0.1) is 19.3 Å². The number of fused-ring (bicyclic) bond motifs is 1. The summed E-state index contributed by atoms with van der Waals surface area (Å²) in [5, 5.41) is 9.86. The Morgan fingerprint density at radius 2 is 1.71 bits per heavy atom. The second-order valence-corrected chi connectivity index (χ2v) is 11.3. The van der Waals surface area contributed by atoms with Gasteiger partial charge in [-0.05, 0) is 18.1 Å². The molecule has 0 aromatic carbocycles. The van der Waals surface area contributed by atoms with Gasteiger partial charge in [0.2, 0.25) is 0 Å². The van der Waals surface area contributed by atoms with Gasteiger partial charge in [-0.25, -0.2) is 0 Å². The third-order valence-electron chi connectivity index (χ3n) is 4.23. The van der Waals surface area contributed by atoms with E-state index in [-0.39, 0.29) is 23.4 Å². The zero-order chi connectivity index (χ0) is 12.8. The third kappa shape index (κ3) is 2.44. The molecule has 0 saturated carbocycles. The molecule has 2 saturated heterocycles. The molecule has 2 fully saturated rings. The molecule has 0 aromatic heterocycles. The standard InChI is InChI=1S/C12H24O4Si/c1-12(2,3)17(4,5)16-9-7-15-10-8(13)6-14-11(9)10/h8-11,13H,6-7H2,1-5H3/t8-,9-,10-,11-/m1/s1. The minimum atomic E-state index is -1.79. The Morgan fingerprint density at radius 3 is 2.29 bits per heavy atom. The predicted octanol–water partition coefficient (Wildman–Crippen LogP) is 1.54. The summed E-state index contributed by atoms with van der Waals surface area (Å²) in [6, 6.07) is 0. The molecule has 2 aliphatic heterocycles. The van der Waals surface area contributed by atoms with Gasteiger partial charge in [-0.15, -0.1) is 0 Å². The van der Waals surface area contributed by atoms with Gasteiger partial charge in [-0.2, -0.15) is 0 Å². The summed E-state index contributed by atoms with van der Waals surface area (Å²) in [6.07, 6.45) is -0.782. The maximum Gasteiger partial charge on any atom is 0.192 e. The Morgan fingerprint density at radius 1 is 1.12 bits per heavy atom. The van der Waals surface area contributed by atoms with Gasteiger partial charge < -0.3 is 19.0 Å². The number of aliphatic hydroxyl groups excluding tert-OH is 1. The molecule has 4 atom stereocenters. The molecule has 17 heavy (non-hydrogen) atoms. The molecule has 0 unspecified atom stereocenters. The van der Waals surface area contributed by atoms with E-state index in [1.807, 2.05) is 0 Å². The van der Waals surface area contributed by atoms with Gasteiger partial charge in [0.15, 0.2) is 8.32 Å². The van der Waals surface area contributed by atoms with Crippen LogP contribution in [0.1, 0.15) is 20.8 Å². The van der Waals surface area contributed by atoms with Crippen LogP contribution in [0, 0.1) is 0 Å². The van der Waals surface area contributed by atoms with Crippen LogP contribution in [0.5, 0.6) is 0 Å². The van der Waals surface area contributed by atoms with Crippen molar-refractivity contribution < 1.29 is 19.0 Å². The van der Waals surface area contributed by atoms with Gasteiger partial charge in [-0.3, -0.25) is 0 Å². The predicted molar refractivity (Wildman–Crippen MR) is 67.6 cm³/mol. The Labute approximate surface area is 104 Å². The van der Waals surface area contributed by atoms with Crippen LogP contribution in [0.4, 0.5) is 0 Å². The number of ether oxygens (including phenoxy) is 2. The Hall–Kier alpha value is 0.0569. The Bertz CT molecular complexity index is 287.